The molecule has 0 bridgehead atoms. The maximum atomic E-state index is 12.4. The summed E-state index contributed by atoms with van der Waals surface area (Å²) in [6.07, 6.45) is -0.485. The molecule has 0 aliphatic heterocycles. The number of benzene rings is 2. The molecule has 0 unspecified atom stereocenters. The molecule has 0 aliphatic rings. The number of carbonyl (C=O) groups is 1. The van der Waals surface area contributed by atoms with Gasteiger partial charge in [-0.25, -0.2) is 0 Å². The van der Waals surface area contributed by atoms with Crippen LogP contribution in [-0.4, -0.2) is 22.1 Å². The second-order valence-electron chi connectivity index (χ2n) is 5.50. The zero-order chi connectivity index (χ0) is 18.7. The van der Waals surface area contributed by atoms with Crippen LogP contribution in [0.25, 0.3) is 10.9 Å². The molecule has 0 radical (unpaired) electrons. The number of azo groups is 1. The van der Waals surface area contributed by atoms with Gasteiger partial charge in [-0.2, -0.15) is 0 Å². The van der Waals surface area contributed by atoms with E-state index in [0.29, 0.717) is 33.1 Å². The summed E-state index contributed by atoms with van der Waals surface area (Å²) < 4.78 is 5.63. The summed E-state index contributed by atoms with van der Waals surface area (Å²) in [6.45, 7) is 1.78. The number of amides is 1. The van der Waals surface area contributed by atoms with Crippen LogP contribution in [0.4, 0.5) is 5.69 Å². The highest BCUT2D eigenvalue weighted by atomic mass is 35.5. The van der Waals surface area contributed by atoms with Crippen molar-refractivity contribution in [1.82, 2.24) is 4.98 Å². The van der Waals surface area contributed by atoms with Gasteiger partial charge in [-0.15, -0.1) is 10.2 Å². The molecule has 0 aliphatic carbocycles. The largest absolute Gasteiger partial charge is 0.493 e. The molecule has 8 heteroatoms. The van der Waals surface area contributed by atoms with E-state index in [1.165, 1.54) is 6.07 Å². The fraction of sp³-hybridized carbons (Fsp3) is 0.167. The third-order valence-corrected chi connectivity index (χ3v) is 4.25. The monoisotopic (exact) mass is 391 g/mol. The smallest absolute Gasteiger partial charge is 0.305 e. The molecule has 1 aromatic heterocycles. The van der Waals surface area contributed by atoms with E-state index in [1.807, 2.05) is 6.07 Å². The molecular formula is C18H15Cl2N3O3. The highest BCUT2D eigenvalue weighted by Gasteiger charge is 2.20. The first-order valence-electron chi connectivity index (χ1n) is 7.86. The highest BCUT2D eigenvalue weighted by molar-refractivity contribution is 6.35. The van der Waals surface area contributed by atoms with Crippen molar-refractivity contribution in [3.05, 3.63) is 52.5 Å². The summed E-state index contributed by atoms with van der Waals surface area (Å²) in [6, 6.07) is 11.9. The fourth-order valence-corrected chi connectivity index (χ4v) is 2.86. The molecule has 1 heterocycles. The van der Waals surface area contributed by atoms with Crippen LogP contribution in [-0.2, 0) is 4.79 Å². The number of halogens is 2. The molecular weight excluding hydrogens is 377 g/mol. The van der Waals surface area contributed by atoms with Gasteiger partial charge in [0, 0.05) is 10.4 Å². The summed E-state index contributed by atoms with van der Waals surface area (Å²) in [7, 11) is 0. The minimum Gasteiger partial charge on any atom is -0.493 e. The van der Waals surface area contributed by atoms with Gasteiger partial charge in [0.2, 0.25) is 5.88 Å². The molecule has 2 aromatic carbocycles. The zero-order valence-corrected chi connectivity index (χ0v) is 15.3. The number of aromatic hydroxyl groups is 1. The van der Waals surface area contributed by atoms with Crippen molar-refractivity contribution in [2.45, 2.75) is 19.4 Å². The summed E-state index contributed by atoms with van der Waals surface area (Å²) in [5.74, 6) is -0.401. The van der Waals surface area contributed by atoms with Gasteiger partial charge in [-0.05, 0) is 30.7 Å². The van der Waals surface area contributed by atoms with E-state index in [2.05, 4.69) is 15.2 Å². The number of nitrogens with zero attached hydrogens (tertiary/aromatic N) is 2. The molecule has 0 saturated heterocycles. The van der Waals surface area contributed by atoms with E-state index < -0.39 is 12.0 Å². The number of para-hydroxylation sites is 1. The molecule has 0 spiro atoms. The van der Waals surface area contributed by atoms with Crippen molar-refractivity contribution in [2.24, 2.45) is 10.2 Å². The number of carbonyl (C=O) groups excluding carboxylic acids is 1. The van der Waals surface area contributed by atoms with Gasteiger partial charge >= 0.3 is 5.91 Å². The maximum Gasteiger partial charge on any atom is 0.305 e. The van der Waals surface area contributed by atoms with E-state index in [0.717, 1.165) is 0 Å². The number of rotatable bonds is 5. The third kappa shape index (κ3) is 3.81. The van der Waals surface area contributed by atoms with E-state index in [4.69, 9.17) is 27.9 Å². The fourth-order valence-electron chi connectivity index (χ4n) is 2.41. The number of hydrogen-bond donors (Lipinski definition) is 2. The second kappa shape index (κ2) is 7.76. The number of fused-ring (bicyclic) bond motifs is 1. The summed E-state index contributed by atoms with van der Waals surface area (Å²) in [5, 5.41) is 19.0. The summed E-state index contributed by atoms with van der Waals surface area (Å²) in [4.78, 5) is 15.1. The van der Waals surface area contributed by atoms with Crippen molar-refractivity contribution < 1.29 is 14.6 Å². The highest BCUT2D eigenvalue weighted by Crippen LogP contribution is 2.35. The molecule has 1 amide bonds. The van der Waals surface area contributed by atoms with Crippen LogP contribution in [0.3, 0.4) is 0 Å². The Kier molecular flexibility index (Phi) is 5.44. The van der Waals surface area contributed by atoms with Crippen molar-refractivity contribution in [3.8, 4) is 11.6 Å². The van der Waals surface area contributed by atoms with Crippen LogP contribution in [0.5, 0.6) is 11.6 Å². The van der Waals surface area contributed by atoms with Gasteiger partial charge in [0.05, 0.1) is 10.5 Å². The van der Waals surface area contributed by atoms with Gasteiger partial charge in [-0.3, -0.25) is 4.79 Å². The van der Waals surface area contributed by atoms with Gasteiger partial charge < -0.3 is 14.8 Å². The molecule has 134 valence electrons. The average molecular weight is 392 g/mol. The lowest BCUT2D eigenvalue weighted by atomic mass is 10.2. The lowest BCUT2D eigenvalue weighted by Gasteiger charge is -2.14. The molecule has 3 aromatic rings. The van der Waals surface area contributed by atoms with E-state index in [9.17, 15) is 9.90 Å². The number of nitrogens with one attached hydrogen (secondary N) is 1. The van der Waals surface area contributed by atoms with E-state index in [1.54, 1.807) is 37.3 Å². The minimum absolute atomic E-state index is 0.155. The van der Waals surface area contributed by atoms with Gasteiger partial charge in [0.1, 0.15) is 5.75 Å². The van der Waals surface area contributed by atoms with Crippen molar-refractivity contribution in [2.75, 3.05) is 0 Å². The number of aromatic nitrogens is 1. The Bertz CT molecular complexity index is 985. The number of hydrogen-bond acceptors (Lipinski definition) is 4. The van der Waals surface area contributed by atoms with E-state index in [-0.39, 0.29) is 11.6 Å². The van der Waals surface area contributed by atoms with Crippen LogP contribution >= 0.6 is 23.2 Å². The summed E-state index contributed by atoms with van der Waals surface area (Å²) in [5.41, 5.74) is 0.899. The molecule has 2 N–H and O–H groups in total. The van der Waals surface area contributed by atoms with Crippen molar-refractivity contribution >= 4 is 45.7 Å². The van der Waals surface area contributed by atoms with Crippen LogP contribution in [0.2, 0.25) is 10.0 Å². The first-order chi connectivity index (χ1) is 12.5. The van der Waals surface area contributed by atoms with Crippen LogP contribution in [0.1, 0.15) is 13.3 Å². The zero-order valence-electron chi connectivity index (χ0n) is 13.7. The average Bonchev–Trinajstić information content (AvgIpc) is 2.94. The lowest BCUT2D eigenvalue weighted by molar-refractivity contribution is -0.125. The van der Waals surface area contributed by atoms with Gasteiger partial charge in [0.15, 0.2) is 11.8 Å². The van der Waals surface area contributed by atoms with Crippen LogP contribution < -0.4 is 4.74 Å². The molecule has 1 atom stereocenters. The van der Waals surface area contributed by atoms with Gasteiger partial charge in [0.25, 0.3) is 0 Å². The van der Waals surface area contributed by atoms with E-state index >= 15 is 0 Å². The second-order valence-corrected chi connectivity index (χ2v) is 6.34. The SMILES string of the molecule is CC[C@@H](Oc1ccc(Cl)cc1Cl)C(=O)N=Nc1c(O)[nH]c2ccccc12. The predicted octanol–water partition coefficient (Wildman–Crippen LogP) is 5.65. The topological polar surface area (TPSA) is 87.0 Å². The molecule has 0 fully saturated rings. The molecule has 6 nitrogen and oxygen atoms in total. The lowest BCUT2D eigenvalue weighted by Crippen LogP contribution is -2.24. The first kappa shape index (κ1) is 18.2. The normalized spacial score (nSPS) is 12.6. The predicted molar refractivity (Wildman–Crippen MR) is 101 cm³/mol. The standard InChI is InChI=1S/C18H15Cl2N3O3/c1-2-14(26-15-8-7-10(19)9-12(15)20)17(24)23-22-16-11-5-3-4-6-13(11)21-18(16)25/h3-9,14,21,25H,2H2,1H3/t14-/m1/s1. The van der Waals surface area contributed by atoms with Crippen LogP contribution in [0.15, 0.2) is 52.7 Å². The van der Waals surface area contributed by atoms with Crippen molar-refractivity contribution in [1.29, 1.82) is 0 Å². The summed E-state index contributed by atoms with van der Waals surface area (Å²) >= 11 is 11.9. The van der Waals surface area contributed by atoms with Gasteiger partial charge in [-0.1, -0.05) is 48.3 Å². The Hall–Kier alpha value is -2.57. The van der Waals surface area contributed by atoms with Crippen LogP contribution in [0, 0.1) is 0 Å². The Morgan fingerprint density at radius 1 is 1.27 bits per heavy atom. The number of ether oxygens (including phenoxy) is 1. The molecule has 26 heavy (non-hydrogen) atoms. The Morgan fingerprint density at radius 2 is 2.04 bits per heavy atom. The Morgan fingerprint density at radius 3 is 2.77 bits per heavy atom. The quantitative estimate of drug-likeness (QED) is 0.550. The third-order valence-electron chi connectivity index (χ3n) is 3.72. The molecule has 0 saturated carbocycles. The Labute approximate surface area is 159 Å². The number of H-pyrrole nitrogens is 1. The van der Waals surface area contributed by atoms with Crippen molar-refractivity contribution in [3.63, 3.8) is 0 Å². The first-order valence-corrected chi connectivity index (χ1v) is 8.62. The molecule has 3 rings (SSSR count). The minimum atomic E-state index is -0.857. The number of aromatic amines is 1. The Balaban J connectivity index is 1.80. The maximum absolute atomic E-state index is 12.4.